The monoisotopic (exact) mass is 320 g/mol. The van der Waals surface area contributed by atoms with Crippen LogP contribution in [0, 0.1) is 0 Å². The van der Waals surface area contributed by atoms with Gasteiger partial charge in [-0.2, -0.15) is 0 Å². The molecule has 2 atom stereocenters. The van der Waals surface area contributed by atoms with Gasteiger partial charge in [-0.05, 0) is 32.5 Å². The van der Waals surface area contributed by atoms with Crippen molar-refractivity contribution in [2.24, 2.45) is 0 Å². The molecule has 0 amide bonds. The van der Waals surface area contributed by atoms with E-state index in [9.17, 15) is 9.59 Å². The van der Waals surface area contributed by atoms with Crippen molar-refractivity contribution in [3.63, 3.8) is 0 Å². The molecule has 0 saturated carbocycles. The second kappa shape index (κ2) is 10.9. The van der Waals surface area contributed by atoms with Crippen LogP contribution in [0.1, 0.15) is 38.7 Å². The van der Waals surface area contributed by atoms with Crippen LogP contribution in [0.25, 0.3) is 0 Å². The van der Waals surface area contributed by atoms with Crippen LogP contribution >= 0.6 is 0 Å². The Kier molecular flexibility index (Phi) is 9.17. The Morgan fingerprint density at radius 2 is 1.91 bits per heavy atom. The first kappa shape index (κ1) is 19.3. The van der Waals surface area contributed by atoms with Gasteiger partial charge in [0.2, 0.25) is 0 Å². The average Bonchev–Trinajstić information content (AvgIpc) is 2.58. The Bertz CT molecular complexity index is 476. The quantitative estimate of drug-likeness (QED) is 0.482. The third-order valence-corrected chi connectivity index (χ3v) is 3.71. The Balaban J connectivity index is 2.41. The number of ether oxygens (including phenoxy) is 1. The molecule has 0 heterocycles. The fourth-order valence-corrected chi connectivity index (χ4v) is 2.21. The summed E-state index contributed by atoms with van der Waals surface area (Å²) in [5.41, 5.74) is 0.933. The molecule has 23 heavy (non-hydrogen) atoms. The van der Waals surface area contributed by atoms with E-state index in [1.54, 1.807) is 7.05 Å². The normalized spacial score (nSPS) is 13.3. The minimum absolute atomic E-state index is 0.0136. The molecule has 0 aliphatic carbocycles. The lowest BCUT2D eigenvalue weighted by Crippen LogP contribution is -2.47. The zero-order valence-electron chi connectivity index (χ0n) is 14.3. The minimum Gasteiger partial charge on any atom is -0.461 e. The van der Waals surface area contributed by atoms with E-state index in [-0.39, 0.29) is 30.8 Å². The van der Waals surface area contributed by atoms with Crippen molar-refractivity contribution in [1.29, 1.82) is 0 Å². The van der Waals surface area contributed by atoms with Crippen molar-refractivity contribution >= 4 is 11.8 Å². The number of nitrogens with one attached hydrogen (secondary N) is 2. The standard InChI is InChI=1S/C18H28N2O3/c1-4-5-11-20-14(2)18(22)16(19-3)12-17(21)23-13-15-9-7-6-8-10-15/h6-10,14,16,19-20H,4-5,11-13H2,1-3H3. The molecule has 0 aliphatic heterocycles. The van der Waals surface area contributed by atoms with Crippen LogP contribution in [0.15, 0.2) is 30.3 Å². The molecule has 1 aromatic rings. The van der Waals surface area contributed by atoms with E-state index in [0.717, 1.165) is 24.9 Å². The summed E-state index contributed by atoms with van der Waals surface area (Å²) in [7, 11) is 1.69. The summed E-state index contributed by atoms with van der Waals surface area (Å²) in [4.78, 5) is 24.3. The first-order chi connectivity index (χ1) is 11.1. The summed E-state index contributed by atoms with van der Waals surface area (Å²) in [6, 6.07) is 8.69. The van der Waals surface area contributed by atoms with Gasteiger partial charge in [-0.25, -0.2) is 0 Å². The molecule has 0 bridgehead atoms. The number of hydrogen-bond donors (Lipinski definition) is 2. The number of likely N-dealkylation sites (N-methyl/N-ethyl adjacent to an activating group) is 1. The summed E-state index contributed by atoms with van der Waals surface area (Å²) < 4.78 is 5.24. The summed E-state index contributed by atoms with van der Waals surface area (Å²) in [5, 5.41) is 6.10. The summed E-state index contributed by atoms with van der Waals surface area (Å²) in [6.07, 6.45) is 2.15. The lowest BCUT2D eigenvalue weighted by molar-refractivity contribution is -0.147. The number of rotatable bonds is 11. The van der Waals surface area contributed by atoms with E-state index in [1.165, 1.54) is 0 Å². The van der Waals surface area contributed by atoms with Gasteiger partial charge in [-0.15, -0.1) is 0 Å². The molecular formula is C18H28N2O3. The number of carbonyl (C=O) groups is 2. The first-order valence-corrected chi connectivity index (χ1v) is 8.22. The number of unbranched alkanes of at least 4 members (excludes halogenated alkanes) is 1. The third kappa shape index (κ3) is 7.39. The molecule has 1 aromatic carbocycles. The van der Waals surface area contributed by atoms with Crippen LogP contribution in [0.4, 0.5) is 0 Å². The Morgan fingerprint density at radius 3 is 2.52 bits per heavy atom. The van der Waals surface area contributed by atoms with Gasteiger partial charge in [0.25, 0.3) is 0 Å². The summed E-state index contributed by atoms with van der Waals surface area (Å²) in [5.74, 6) is -0.387. The molecule has 0 fully saturated rings. The number of hydrogen-bond acceptors (Lipinski definition) is 5. The number of benzene rings is 1. The number of carbonyl (C=O) groups excluding carboxylic acids is 2. The zero-order chi connectivity index (χ0) is 17.1. The molecule has 1 rings (SSSR count). The van der Waals surface area contributed by atoms with Crippen molar-refractivity contribution in [3.05, 3.63) is 35.9 Å². The van der Waals surface area contributed by atoms with Gasteiger partial charge < -0.3 is 15.4 Å². The molecule has 0 aromatic heterocycles. The average molecular weight is 320 g/mol. The highest BCUT2D eigenvalue weighted by Crippen LogP contribution is 2.05. The Hall–Kier alpha value is -1.72. The van der Waals surface area contributed by atoms with Crippen LogP contribution in [-0.4, -0.2) is 37.4 Å². The predicted molar refractivity (Wildman–Crippen MR) is 91.1 cm³/mol. The van der Waals surface area contributed by atoms with Gasteiger partial charge in [0.05, 0.1) is 18.5 Å². The summed E-state index contributed by atoms with van der Waals surface area (Å²) >= 11 is 0. The molecule has 0 aliphatic rings. The van der Waals surface area contributed by atoms with Crippen LogP contribution < -0.4 is 10.6 Å². The van der Waals surface area contributed by atoms with Crippen LogP contribution in [0.3, 0.4) is 0 Å². The van der Waals surface area contributed by atoms with Crippen LogP contribution in [0.2, 0.25) is 0 Å². The van der Waals surface area contributed by atoms with E-state index in [4.69, 9.17) is 4.74 Å². The number of Topliss-reactive ketones (excluding diaryl/α,β-unsaturated/α-hetero) is 1. The van der Waals surface area contributed by atoms with Gasteiger partial charge in [0, 0.05) is 0 Å². The second-order valence-electron chi connectivity index (χ2n) is 5.62. The Morgan fingerprint density at radius 1 is 1.22 bits per heavy atom. The molecular weight excluding hydrogens is 292 g/mol. The minimum atomic E-state index is -0.526. The van der Waals surface area contributed by atoms with Crippen molar-refractivity contribution in [2.75, 3.05) is 13.6 Å². The molecule has 0 spiro atoms. The Labute approximate surface area is 138 Å². The SMILES string of the molecule is CCCCNC(C)C(=O)C(CC(=O)OCc1ccccc1)NC. The van der Waals surface area contributed by atoms with Crippen LogP contribution in [0.5, 0.6) is 0 Å². The molecule has 2 unspecified atom stereocenters. The van der Waals surface area contributed by atoms with Crippen molar-refractivity contribution in [2.45, 2.75) is 51.8 Å². The number of ketones is 1. The maximum atomic E-state index is 12.3. The van der Waals surface area contributed by atoms with Gasteiger partial charge >= 0.3 is 5.97 Å². The maximum absolute atomic E-state index is 12.3. The van der Waals surface area contributed by atoms with Gasteiger partial charge in [0.1, 0.15) is 6.61 Å². The second-order valence-corrected chi connectivity index (χ2v) is 5.62. The van der Waals surface area contributed by atoms with Gasteiger partial charge in [-0.1, -0.05) is 43.7 Å². The molecule has 5 nitrogen and oxygen atoms in total. The van der Waals surface area contributed by atoms with E-state index in [2.05, 4.69) is 17.6 Å². The molecule has 0 radical (unpaired) electrons. The third-order valence-electron chi connectivity index (χ3n) is 3.71. The zero-order valence-corrected chi connectivity index (χ0v) is 14.3. The predicted octanol–water partition coefficient (Wildman–Crippen LogP) is 2.06. The van der Waals surface area contributed by atoms with E-state index in [1.807, 2.05) is 37.3 Å². The van der Waals surface area contributed by atoms with Crippen molar-refractivity contribution in [3.8, 4) is 0 Å². The fourth-order valence-electron chi connectivity index (χ4n) is 2.21. The highest BCUT2D eigenvalue weighted by atomic mass is 16.5. The highest BCUT2D eigenvalue weighted by Gasteiger charge is 2.25. The fraction of sp³-hybridized carbons (Fsp3) is 0.556. The number of esters is 1. The molecule has 0 saturated heterocycles. The van der Waals surface area contributed by atoms with Gasteiger partial charge in [0.15, 0.2) is 5.78 Å². The lowest BCUT2D eigenvalue weighted by Gasteiger charge is -2.19. The molecule has 2 N–H and O–H groups in total. The highest BCUT2D eigenvalue weighted by molar-refractivity contribution is 5.91. The molecule has 128 valence electrons. The van der Waals surface area contributed by atoms with Crippen molar-refractivity contribution in [1.82, 2.24) is 10.6 Å². The van der Waals surface area contributed by atoms with Crippen molar-refractivity contribution < 1.29 is 14.3 Å². The largest absolute Gasteiger partial charge is 0.461 e. The van der Waals surface area contributed by atoms with Gasteiger partial charge in [-0.3, -0.25) is 9.59 Å². The van der Waals surface area contributed by atoms with E-state index in [0.29, 0.717) is 0 Å². The smallest absolute Gasteiger partial charge is 0.308 e. The lowest BCUT2D eigenvalue weighted by atomic mass is 10.0. The van der Waals surface area contributed by atoms with Crippen LogP contribution in [-0.2, 0) is 20.9 Å². The topological polar surface area (TPSA) is 67.4 Å². The maximum Gasteiger partial charge on any atom is 0.308 e. The molecule has 5 heteroatoms. The first-order valence-electron chi connectivity index (χ1n) is 8.22. The van der Waals surface area contributed by atoms with E-state index >= 15 is 0 Å². The van der Waals surface area contributed by atoms with E-state index < -0.39 is 6.04 Å². The summed E-state index contributed by atoms with van der Waals surface area (Å²) in [6.45, 7) is 4.97.